The molecule has 0 unspecified atom stereocenters. The molecule has 1 aliphatic rings. The first-order chi connectivity index (χ1) is 14.6. The van der Waals surface area contributed by atoms with Crippen LogP contribution in [0.25, 0.3) is 11.3 Å². The molecule has 2 heterocycles. The lowest BCUT2D eigenvalue weighted by molar-refractivity contribution is 0.329. The fraction of sp³-hybridized carbons (Fsp3) is 0.273. The highest BCUT2D eigenvalue weighted by Gasteiger charge is 2.29. The number of nitrogens with one attached hydrogen (secondary N) is 1. The van der Waals surface area contributed by atoms with E-state index in [9.17, 15) is 8.42 Å². The highest BCUT2D eigenvalue weighted by molar-refractivity contribution is 7.89. The number of piperidine rings is 1. The van der Waals surface area contributed by atoms with Crippen molar-refractivity contribution in [2.75, 3.05) is 25.5 Å². The predicted octanol–water partition coefficient (Wildman–Crippen LogP) is 3.42. The fourth-order valence-corrected chi connectivity index (χ4v) is 4.99. The summed E-state index contributed by atoms with van der Waals surface area (Å²) in [6.45, 7) is 0.898. The second-order valence-corrected chi connectivity index (χ2v) is 9.07. The molecule has 30 heavy (non-hydrogen) atoms. The predicted molar refractivity (Wildman–Crippen MR) is 116 cm³/mol. The Bertz CT molecular complexity index is 1080. The van der Waals surface area contributed by atoms with Gasteiger partial charge in [0.25, 0.3) is 0 Å². The second kappa shape index (κ2) is 8.81. The Labute approximate surface area is 176 Å². The zero-order valence-electron chi connectivity index (χ0n) is 16.7. The number of anilines is 1. The van der Waals surface area contributed by atoms with E-state index in [2.05, 4.69) is 15.3 Å². The Balaban J connectivity index is 1.39. The maximum absolute atomic E-state index is 12.9. The zero-order valence-corrected chi connectivity index (χ0v) is 17.5. The molecule has 0 aliphatic carbocycles. The molecular weight excluding hydrogens is 400 g/mol. The molecule has 1 fully saturated rings. The average Bonchev–Trinajstić information content (AvgIpc) is 2.80. The Morgan fingerprint density at radius 1 is 1.00 bits per heavy atom. The minimum absolute atomic E-state index is 0.123. The van der Waals surface area contributed by atoms with Gasteiger partial charge < -0.3 is 10.1 Å². The minimum atomic E-state index is -3.51. The topological polar surface area (TPSA) is 84.4 Å². The van der Waals surface area contributed by atoms with Crippen LogP contribution in [0.4, 0.5) is 5.95 Å². The van der Waals surface area contributed by atoms with Crippen LogP contribution in [0.5, 0.6) is 5.75 Å². The van der Waals surface area contributed by atoms with E-state index in [-0.39, 0.29) is 10.9 Å². The van der Waals surface area contributed by atoms with Crippen molar-refractivity contribution < 1.29 is 13.2 Å². The lowest BCUT2D eigenvalue weighted by Crippen LogP contribution is -2.42. The molecule has 1 aromatic heterocycles. The Hall–Kier alpha value is -2.97. The summed E-state index contributed by atoms with van der Waals surface area (Å²) in [6.07, 6.45) is 3.11. The quantitative estimate of drug-likeness (QED) is 0.653. The number of ether oxygens (including phenoxy) is 1. The van der Waals surface area contributed by atoms with E-state index in [1.54, 1.807) is 37.6 Å². The van der Waals surface area contributed by atoms with Crippen molar-refractivity contribution in [3.05, 3.63) is 66.9 Å². The normalized spacial score (nSPS) is 15.6. The van der Waals surface area contributed by atoms with Crippen LogP contribution in [0.3, 0.4) is 0 Å². The van der Waals surface area contributed by atoms with Gasteiger partial charge in [-0.2, -0.15) is 4.31 Å². The number of hydrogen-bond donors (Lipinski definition) is 1. The van der Waals surface area contributed by atoms with Crippen molar-refractivity contribution in [2.45, 2.75) is 23.8 Å². The van der Waals surface area contributed by atoms with Crippen LogP contribution in [0.15, 0.2) is 71.8 Å². The van der Waals surface area contributed by atoms with Crippen LogP contribution < -0.4 is 10.1 Å². The van der Waals surface area contributed by atoms with Gasteiger partial charge in [-0.15, -0.1) is 0 Å². The van der Waals surface area contributed by atoms with E-state index in [4.69, 9.17) is 4.74 Å². The van der Waals surface area contributed by atoms with E-state index in [0.29, 0.717) is 37.6 Å². The summed E-state index contributed by atoms with van der Waals surface area (Å²) < 4.78 is 32.4. The van der Waals surface area contributed by atoms with Crippen molar-refractivity contribution in [2.24, 2.45) is 0 Å². The van der Waals surface area contributed by atoms with Gasteiger partial charge in [-0.05, 0) is 43.2 Å². The highest BCUT2D eigenvalue weighted by atomic mass is 32.2. The third-order valence-corrected chi connectivity index (χ3v) is 7.12. The SMILES string of the molecule is COc1ccc(S(=O)(=O)N2CCC(Nc3nccc(-c4ccccc4)n3)CC2)cc1. The molecule has 156 valence electrons. The summed E-state index contributed by atoms with van der Waals surface area (Å²) >= 11 is 0. The van der Waals surface area contributed by atoms with E-state index in [1.165, 1.54) is 4.31 Å². The van der Waals surface area contributed by atoms with Gasteiger partial charge in [0.2, 0.25) is 16.0 Å². The maximum Gasteiger partial charge on any atom is 0.243 e. The standard InChI is InChI=1S/C22H24N4O3S/c1-29-19-7-9-20(10-8-19)30(27,28)26-15-12-18(13-16-26)24-22-23-14-11-21(25-22)17-5-3-2-4-6-17/h2-11,14,18H,12-13,15-16H2,1H3,(H,23,24,25). The summed E-state index contributed by atoms with van der Waals surface area (Å²) in [5, 5.41) is 3.36. The van der Waals surface area contributed by atoms with Crippen LogP contribution in [-0.4, -0.2) is 48.9 Å². The molecule has 0 saturated carbocycles. The van der Waals surface area contributed by atoms with Crippen molar-refractivity contribution in [1.29, 1.82) is 0 Å². The molecule has 0 spiro atoms. The molecule has 2 aromatic carbocycles. The van der Waals surface area contributed by atoms with E-state index >= 15 is 0 Å². The largest absolute Gasteiger partial charge is 0.497 e. The van der Waals surface area contributed by atoms with Gasteiger partial charge in [0.15, 0.2) is 0 Å². The summed E-state index contributed by atoms with van der Waals surface area (Å²) in [4.78, 5) is 9.21. The van der Waals surface area contributed by atoms with Gasteiger partial charge in [0.1, 0.15) is 5.75 Å². The lowest BCUT2D eigenvalue weighted by atomic mass is 10.1. The number of nitrogens with zero attached hydrogens (tertiary/aromatic N) is 3. The van der Waals surface area contributed by atoms with Gasteiger partial charge in [0, 0.05) is 30.9 Å². The van der Waals surface area contributed by atoms with Crippen LogP contribution in [-0.2, 0) is 10.0 Å². The second-order valence-electron chi connectivity index (χ2n) is 7.13. The molecule has 1 N–H and O–H groups in total. The number of rotatable bonds is 6. The number of aromatic nitrogens is 2. The van der Waals surface area contributed by atoms with Crippen molar-refractivity contribution in [1.82, 2.24) is 14.3 Å². The highest BCUT2D eigenvalue weighted by Crippen LogP contribution is 2.24. The molecule has 4 rings (SSSR count). The van der Waals surface area contributed by atoms with E-state index < -0.39 is 10.0 Å². The third kappa shape index (κ3) is 4.44. The number of methoxy groups -OCH3 is 1. The van der Waals surface area contributed by atoms with Crippen molar-refractivity contribution in [3.63, 3.8) is 0 Å². The first-order valence-corrected chi connectivity index (χ1v) is 11.3. The molecule has 0 amide bonds. The van der Waals surface area contributed by atoms with Gasteiger partial charge >= 0.3 is 0 Å². The average molecular weight is 425 g/mol. The van der Waals surface area contributed by atoms with Crippen LogP contribution in [0.1, 0.15) is 12.8 Å². The smallest absolute Gasteiger partial charge is 0.243 e. The van der Waals surface area contributed by atoms with Gasteiger partial charge in [-0.1, -0.05) is 30.3 Å². The molecule has 8 heteroatoms. The zero-order chi connectivity index (χ0) is 21.0. The summed E-state index contributed by atoms with van der Waals surface area (Å²) in [6, 6.07) is 18.4. The Kier molecular flexibility index (Phi) is 5.96. The molecular formula is C22H24N4O3S. The Morgan fingerprint density at radius 2 is 1.70 bits per heavy atom. The molecule has 3 aromatic rings. The summed E-state index contributed by atoms with van der Waals surface area (Å²) in [5.74, 6) is 1.20. The fourth-order valence-electron chi connectivity index (χ4n) is 3.52. The van der Waals surface area contributed by atoms with Gasteiger partial charge in [-0.25, -0.2) is 18.4 Å². The number of hydrogen-bond acceptors (Lipinski definition) is 6. The third-order valence-electron chi connectivity index (χ3n) is 5.21. The number of sulfonamides is 1. The molecule has 0 atom stereocenters. The first-order valence-electron chi connectivity index (χ1n) is 9.85. The molecule has 0 bridgehead atoms. The summed E-state index contributed by atoms with van der Waals surface area (Å²) in [7, 11) is -1.95. The van der Waals surface area contributed by atoms with Crippen molar-refractivity contribution in [3.8, 4) is 17.0 Å². The Morgan fingerprint density at radius 3 is 2.37 bits per heavy atom. The van der Waals surface area contributed by atoms with Gasteiger partial charge in [0.05, 0.1) is 17.7 Å². The van der Waals surface area contributed by atoms with Crippen LogP contribution >= 0.6 is 0 Å². The lowest BCUT2D eigenvalue weighted by Gasteiger charge is -2.31. The monoisotopic (exact) mass is 424 g/mol. The van der Waals surface area contributed by atoms with Crippen LogP contribution in [0.2, 0.25) is 0 Å². The molecule has 1 aliphatic heterocycles. The first kappa shape index (κ1) is 20.3. The summed E-state index contributed by atoms with van der Waals surface area (Å²) in [5.41, 5.74) is 1.89. The molecule has 0 radical (unpaired) electrons. The van der Waals surface area contributed by atoms with E-state index in [1.807, 2.05) is 36.4 Å². The van der Waals surface area contributed by atoms with E-state index in [0.717, 1.165) is 11.3 Å². The minimum Gasteiger partial charge on any atom is -0.497 e. The van der Waals surface area contributed by atoms with Crippen LogP contribution in [0, 0.1) is 0 Å². The number of benzene rings is 2. The van der Waals surface area contributed by atoms with Gasteiger partial charge in [-0.3, -0.25) is 0 Å². The van der Waals surface area contributed by atoms with Crippen molar-refractivity contribution >= 4 is 16.0 Å². The maximum atomic E-state index is 12.9. The molecule has 7 nitrogen and oxygen atoms in total. The molecule has 1 saturated heterocycles.